The molecule has 1 amide bonds. The molecule has 2 saturated heterocycles. The molecule has 0 saturated carbocycles. The number of carbonyl (C=O) groups excluding carboxylic acids is 1. The Hall–Kier alpha value is -1.70. The summed E-state index contributed by atoms with van der Waals surface area (Å²) in [5, 5.41) is 3.43. The SMILES string of the molecule is O=C(c1cc2c(s1)C1(CCNCC1)OCC2)N1CCCC(Cn2ccnc2)C1. The van der Waals surface area contributed by atoms with Crippen molar-refractivity contribution in [1.82, 2.24) is 19.8 Å². The van der Waals surface area contributed by atoms with Crippen molar-refractivity contribution in [3.63, 3.8) is 0 Å². The van der Waals surface area contributed by atoms with Crippen molar-refractivity contribution in [2.24, 2.45) is 5.92 Å². The van der Waals surface area contributed by atoms with Crippen molar-refractivity contribution < 1.29 is 9.53 Å². The smallest absolute Gasteiger partial charge is 0.263 e. The number of nitrogens with one attached hydrogen (secondary N) is 1. The number of thiophene rings is 1. The fraction of sp³-hybridized carbons (Fsp3) is 0.619. The molecule has 2 aromatic rings. The molecule has 5 heterocycles. The molecule has 7 heteroatoms. The maximum absolute atomic E-state index is 13.3. The number of piperidine rings is 2. The van der Waals surface area contributed by atoms with E-state index in [0.29, 0.717) is 5.92 Å². The van der Waals surface area contributed by atoms with E-state index in [1.54, 1.807) is 11.3 Å². The summed E-state index contributed by atoms with van der Waals surface area (Å²) < 4.78 is 8.41. The number of nitrogens with zero attached hydrogens (tertiary/aromatic N) is 3. The van der Waals surface area contributed by atoms with Gasteiger partial charge in [-0.15, -0.1) is 11.3 Å². The minimum atomic E-state index is -0.159. The number of hydrogen-bond donors (Lipinski definition) is 1. The van der Waals surface area contributed by atoms with Crippen LogP contribution in [0.25, 0.3) is 0 Å². The first-order valence-electron chi connectivity index (χ1n) is 10.5. The van der Waals surface area contributed by atoms with Gasteiger partial charge in [-0.25, -0.2) is 4.98 Å². The third kappa shape index (κ3) is 3.40. The molecule has 3 aliphatic heterocycles. The number of hydrogen-bond acceptors (Lipinski definition) is 5. The Morgan fingerprint density at radius 3 is 3.11 bits per heavy atom. The summed E-state index contributed by atoms with van der Waals surface area (Å²) in [7, 11) is 0. The van der Waals surface area contributed by atoms with E-state index < -0.39 is 0 Å². The van der Waals surface area contributed by atoms with Gasteiger partial charge in [-0.05, 0) is 62.7 Å². The lowest BCUT2D eigenvalue weighted by molar-refractivity contribution is -0.0771. The zero-order valence-corrected chi connectivity index (χ0v) is 17.0. The van der Waals surface area contributed by atoms with E-state index in [2.05, 4.69) is 25.8 Å². The third-order valence-corrected chi connectivity index (χ3v) is 7.78. The van der Waals surface area contributed by atoms with E-state index >= 15 is 0 Å². The van der Waals surface area contributed by atoms with Gasteiger partial charge in [0.1, 0.15) is 5.60 Å². The predicted octanol–water partition coefficient (Wildman–Crippen LogP) is 2.65. The third-order valence-electron chi connectivity index (χ3n) is 6.43. The van der Waals surface area contributed by atoms with Gasteiger partial charge >= 0.3 is 0 Å². The van der Waals surface area contributed by atoms with Gasteiger partial charge in [0.2, 0.25) is 0 Å². The van der Waals surface area contributed by atoms with E-state index in [0.717, 1.165) is 69.9 Å². The zero-order valence-electron chi connectivity index (χ0n) is 16.2. The molecule has 0 radical (unpaired) electrons. The Morgan fingerprint density at radius 1 is 1.39 bits per heavy atom. The summed E-state index contributed by atoms with van der Waals surface area (Å²) >= 11 is 1.69. The number of amides is 1. The Kier molecular flexibility index (Phi) is 4.99. The number of imidazole rings is 1. The highest BCUT2D eigenvalue weighted by atomic mass is 32.1. The topological polar surface area (TPSA) is 59.4 Å². The first-order valence-corrected chi connectivity index (χ1v) is 11.3. The molecular weight excluding hydrogens is 372 g/mol. The van der Waals surface area contributed by atoms with Crippen LogP contribution in [-0.2, 0) is 23.3 Å². The van der Waals surface area contributed by atoms with Crippen LogP contribution in [0.15, 0.2) is 24.8 Å². The highest BCUT2D eigenvalue weighted by molar-refractivity contribution is 7.14. The van der Waals surface area contributed by atoms with E-state index in [1.165, 1.54) is 16.9 Å². The molecule has 1 unspecified atom stereocenters. The van der Waals surface area contributed by atoms with Crippen LogP contribution in [0.3, 0.4) is 0 Å². The Morgan fingerprint density at radius 2 is 2.29 bits per heavy atom. The predicted molar refractivity (Wildman–Crippen MR) is 109 cm³/mol. The van der Waals surface area contributed by atoms with Crippen LogP contribution < -0.4 is 5.32 Å². The first-order chi connectivity index (χ1) is 13.7. The summed E-state index contributed by atoms with van der Waals surface area (Å²) in [5.74, 6) is 0.708. The molecule has 1 N–H and O–H groups in total. The van der Waals surface area contributed by atoms with Crippen molar-refractivity contribution in [2.45, 2.75) is 44.2 Å². The largest absolute Gasteiger partial charge is 0.369 e. The normalized spacial score (nSPS) is 24.3. The highest BCUT2D eigenvalue weighted by Crippen LogP contribution is 2.44. The van der Waals surface area contributed by atoms with Crippen LogP contribution in [-0.4, -0.2) is 53.1 Å². The van der Waals surface area contributed by atoms with E-state index in [4.69, 9.17) is 4.74 Å². The van der Waals surface area contributed by atoms with Gasteiger partial charge < -0.3 is 19.5 Å². The minimum Gasteiger partial charge on any atom is -0.369 e. The Balaban J connectivity index is 1.33. The standard InChI is InChI=1S/C21H28N4O2S/c26-20(25-9-1-2-16(14-25)13-24-10-8-23-15-24)18-12-17-3-11-27-21(19(17)28-18)4-6-22-7-5-21/h8,10,12,15-16,22H,1-7,9,11,13-14H2. The Labute approximate surface area is 169 Å². The molecule has 6 nitrogen and oxygen atoms in total. The quantitative estimate of drug-likeness (QED) is 0.861. The zero-order chi connectivity index (χ0) is 19.0. The number of rotatable bonds is 3. The molecule has 0 aromatic carbocycles. The lowest BCUT2D eigenvalue weighted by atomic mass is 9.86. The number of carbonyl (C=O) groups is 1. The summed E-state index contributed by atoms with van der Waals surface area (Å²) in [4.78, 5) is 21.7. The molecule has 2 fully saturated rings. The molecular formula is C21H28N4O2S. The second-order valence-electron chi connectivity index (χ2n) is 8.33. The molecule has 0 bridgehead atoms. The second-order valence-corrected chi connectivity index (χ2v) is 9.38. The molecule has 5 rings (SSSR count). The summed E-state index contributed by atoms with van der Waals surface area (Å²) in [6, 6.07) is 2.16. The van der Waals surface area contributed by atoms with Crippen LogP contribution in [0, 0.1) is 5.92 Å². The fourth-order valence-corrected chi connectivity index (χ4v) is 6.36. The maximum atomic E-state index is 13.3. The number of ether oxygens (including phenoxy) is 1. The van der Waals surface area contributed by atoms with Crippen molar-refractivity contribution >= 4 is 17.2 Å². The Bertz CT molecular complexity index is 826. The second kappa shape index (κ2) is 7.61. The van der Waals surface area contributed by atoms with Crippen LogP contribution in [0.1, 0.15) is 45.8 Å². The number of likely N-dealkylation sites (tertiary alicyclic amines) is 1. The summed E-state index contributed by atoms with van der Waals surface area (Å²) in [6.07, 6.45) is 10.9. The van der Waals surface area contributed by atoms with Crippen molar-refractivity contribution in [1.29, 1.82) is 0 Å². The van der Waals surface area contributed by atoms with Gasteiger partial charge in [-0.2, -0.15) is 0 Å². The van der Waals surface area contributed by atoms with Crippen LogP contribution in [0.5, 0.6) is 0 Å². The average molecular weight is 401 g/mol. The molecule has 28 heavy (non-hydrogen) atoms. The average Bonchev–Trinajstić information content (AvgIpc) is 3.39. The lowest BCUT2D eigenvalue weighted by Crippen LogP contribution is -2.44. The van der Waals surface area contributed by atoms with Crippen molar-refractivity contribution in [2.75, 3.05) is 32.8 Å². The molecule has 1 spiro atoms. The number of aromatic nitrogens is 2. The highest BCUT2D eigenvalue weighted by Gasteiger charge is 2.41. The summed E-state index contributed by atoms with van der Waals surface area (Å²) in [5.41, 5.74) is 1.18. The summed E-state index contributed by atoms with van der Waals surface area (Å²) in [6.45, 7) is 5.40. The molecule has 3 aliphatic rings. The van der Waals surface area contributed by atoms with E-state index in [1.807, 2.05) is 18.7 Å². The van der Waals surface area contributed by atoms with Crippen molar-refractivity contribution in [3.05, 3.63) is 40.1 Å². The maximum Gasteiger partial charge on any atom is 0.263 e. The van der Waals surface area contributed by atoms with E-state index in [-0.39, 0.29) is 11.5 Å². The van der Waals surface area contributed by atoms with Crippen molar-refractivity contribution in [3.8, 4) is 0 Å². The van der Waals surface area contributed by atoms with E-state index in [9.17, 15) is 4.79 Å². The van der Waals surface area contributed by atoms with Gasteiger partial charge in [0, 0.05) is 36.9 Å². The van der Waals surface area contributed by atoms with Gasteiger partial charge in [-0.3, -0.25) is 4.79 Å². The molecule has 2 aromatic heterocycles. The minimum absolute atomic E-state index is 0.159. The van der Waals surface area contributed by atoms with Gasteiger partial charge in [-0.1, -0.05) is 0 Å². The molecule has 1 atom stereocenters. The molecule has 0 aliphatic carbocycles. The van der Waals surface area contributed by atoms with Crippen LogP contribution >= 0.6 is 11.3 Å². The first kappa shape index (κ1) is 18.3. The van der Waals surface area contributed by atoms with Gasteiger partial charge in [0.15, 0.2) is 0 Å². The van der Waals surface area contributed by atoms with Crippen LogP contribution in [0.2, 0.25) is 0 Å². The van der Waals surface area contributed by atoms with Gasteiger partial charge in [0.25, 0.3) is 5.91 Å². The fourth-order valence-electron chi connectivity index (χ4n) is 4.98. The molecule has 150 valence electrons. The monoisotopic (exact) mass is 400 g/mol. The lowest BCUT2D eigenvalue weighted by Gasteiger charge is -2.40. The number of fused-ring (bicyclic) bond motifs is 2. The van der Waals surface area contributed by atoms with Crippen LogP contribution in [0.4, 0.5) is 0 Å². The van der Waals surface area contributed by atoms with Gasteiger partial charge in [0.05, 0.1) is 17.8 Å².